The van der Waals surface area contributed by atoms with Crippen molar-refractivity contribution in [1.82, 2.24) is 0 Å². The standard InChI is InChI=1S/C15H14Cl2FNO2/c1-20-13-6-9(12(18)7-14(13)21-2)15(19)8-3-4-10(16)11(17)5-8/h3-7,15H,19H2,1-2H3. The minimum atomic E-state index is -0.695. The molecule has 21 heavy (non-hydrogen) atoms. The molecule has 0 radical (unpaired) electrons. The molecule has 0 bridgehead atoms. The van der Waals surface area contributed by atoms with Crippen LogP contribution >= 0.6 is 23.2 Å². The first-order valence-electron chi connectivity index (χ1n) is 6.10. The molecule has 0 aliphatic heterocycles. The Hall–Kier alpha value is -1.49. The van der Waals surface area contributed by atoms with Crippen LogP contribution in [0.1, 0.15) is 17.2 Å². The van der Waals surface area contributed by atoms with Crippen molar-refractivity contribution in [3.05, 3.63) is 57.3 Å². The summed E-state index contributed by atoms with van der Waals surface area (Å²) in [7, 11) is 2.92. The normalized spacial score (nSPS) is 12.1. The quantitative estimate of drug-likeness (QED) is 0.914. The number of hydrogen-bond donors (Lipinski definition) is 1. The van der Waals surface area contributed by atoms with Crippen molar-refractivity contribution >= 4 is 23.2 Å². The number of benzene rings is 2. The van der Waals surface area contributed by atoms with Gasteiger partial charge < -0.3 is 15.2 Å². The molecule has 0 spiro atoms. The second-order valence-electron chi connectivity index (χ2n) is 4.38. The number of nitrogens with two attached hydrogens (primary N) is 1. The number of hydrogen-bond acceptors (Lipinski definition) is 3. The van der Waals surface area contributed by atoms with Crippen LogP contribution in [-0.4, -0.2) is 14.2 Å². The number of halogens is 3. The zero-order chi connectivity index (χ0) is 15.6. The Morgan fingerprint density at radius 3 is 2.19 bits per heavy atom. The van der Waals surface area contributed by atoms with Crippen LogP contribution in [0.2, 0.25) is 10.0 Å². The van der Waals surface area contributed by atoms with Crippen molar-refractivity contribution in [1.29, 1.82) is 0 Å². The van der Waals surface area contributed by atoms with Gasteiger partial charge in [0.15, 0.2) is 11.5 Å². The van der Waals surface area contributed by atoms with E-state index in [0.29, 0.717) is 27.1 Å². The first kappa shape index (κ1) is 15.9. The van der Waals surface area contributed by atoms with E-state index in [-0.39, 0.29) is 5.56 Å². The molecular weight excluding hydrogens is 316 g/mol. The van der Waals surface area contributed by atoms with E-state index in [1.54, 1.807) is 18.2 Å². The van der Waals surface area contributed by atoms with Crippen molar-refractivity contribution in [2.45, 2.75) is 6.04 Å². The van der Waals surface area contributed by atoms with Crippen molar-refractivity contribution in [2.24, 2.45) is 5.73 Å². The highest BCUT2D eigenvalue weighted by Crippen LogP contribution is 2.35. The third-order valence-electron chi connectivity index (χ3n) is 3.14. The Labute approximate surface area is 132 Å². The molecule has 3 nitrogen and oxygen atoms in total. The lowest BCUT2D eigenvalue weighted by molar-refractivity contribution is 0.351. The van der Waals surface area contributed by atoms with Crippen LogP contribution in [0.4, 0.5) is 4.39 Å². The van der Waals surface area contributed by atoms with Gasteiger partial charge in [-0.2, -0.15) is 0 Å². The summed E-state index contributed by atoms with van der Waals surface area (Å²) >= 11 is 11.8. The molecule has 0 amide bonds. The molecule has 0 saturated carbocycles. The Balaban J connectivity index is 2.47. The molecule has 0 aliphatic carbocycles. The lowest BCUT2D eigenvalue weighted by atomic mass is 9.98. The molecule has 6 heteroatoms. The first-order chi connectivity index (χ1) is 9.97. The number of ether oxygens (including phenoxy) is 2. The smallest absolute Gasteiger partial charge is 0.163 e. The molecular formula is C15H14Cl2FNO2. The molecule has 2 rings (SSSR count). The van der Waals surface area contributed by atoms with Crippen LogP contribution in [0.25, 0.3) is 0 Å². The van der Waals surface area contributed by atoms with Gasteiger partial charge >= 0.3 is 0 Å². The topological polar surface area (TPSA) is 44.5 Å². The van der Waals surface area contributed by atoms with E-state index >= 15 is 0 Å². The minimum Gasteiger partial charge on any atom is -0.493 e. The highest BCUT2D eigenvalue weighted by molar-refractivity contribution is 6.42. The van der Waals surface area contributed by atoms with Crippen LogP contribution in [0.3, 0.4) is 0 Å². The summed E-state index contributed by atoms with van der Waals surface area (Å²) in [6, 6.07) is 7.00. The molecule has 112 valence electrons. The summed E-state index contributed by atoms with van der Waals surface area (Å²) in [6.07, 6.45) is 0. The fourth-order valence-electron chi connectivity index (χ4n) is 1.99. The van der Waals surface area contributed by atoms with E-state index in [1.165, 1.54) is 26.4 Å². The van der Waals surface area contributed by atoms with Crippen LogP contribution in [0.5, 0.6) is 11.5 Å². The van der Waals surface area contributed by atoms with Crippen LogP contribution in [-0.2, 0) is 0 Å². The van der Waals surface area contributed by atoms with Crippen LogP contribution in [0.15, 0.2) is 30.3 Å². The van der Waals surface area contributed by atoms with E-state index in [2.05, 4.69) is 0 Å². The Morgan fingerprint density at radius 2 is 1.62 bits per heavy atom. The Bertz CT molecular complexity index is 664. The SMILES string of the molecule is COc1cc(F)c(C(N)c2ccc(Cl)c(Cl)c2)cc1OC. The third kappa shape index (κ3) is 3.23. The summed E-state index contributed by atoms with van der Waals surface area (Å²) in [4.78, 5) is 0. The van der Waals surface area contributed by atoms with E-state index in [4.69, 9.17) is 38.4 Å². The predicted octanol–water partition coefficient (Wildman–Crippen LogP) is 4.20. The summed E-state index contributed by atoms with van der Waals surface area (Å²) in [5, 5.41) is 0.783. The molecule has 0 heterocycles. The van der Waals surface area contributed by atoms with Gasteiger partial charge in [0, 0.05) is 11.6 Å². The zero-order valence-corrected chi connectivity index (χ0v) is 13.0. The molecule has 2 aromatic rings. The lowest BCUT2D eigenvalue weighted by Gasteiger charge is -2.17. The van der Waals surface area contributed by atoms with E-state index in [0.717, 1.165) is 0 Å². The maximum Gasteiger partial charge on any atom is 0.163 e. The predicted molar refractivity (Wildman–Crippen MR) is 82.0 cm³/mol. The van der Waals surface area contributed by atoms with Crippen LogP contribution < -0.4 is 15.2 Å². The third-order valence-corrected chi connectivity index (χ3v) is 3.88. The molecule has 0 aliphatic rings. The highest BCUT2D eigenvalue weighted by atomic mass is 35.5. The number of rotatable bonds is 4. The van der Waals surface area contributed by atoms with Gasteiger partial charge in [0.1, 0.15) is 5.82 Å². The molecule has 0 saturated heterocycles. The van der Waals surface area contributed by atoms with Gasteiger partial charge in [0.2, 0.25) is 0 Å². The van der Waals surface area contributed by atoms with Crippen molar-refractivity contribution in [2.75, 3.05) is 14.2 Å². The summed E-state index contributed by atoms with van der Waals surface area (Å²) in [6.45, 7) is 0. The summed E-state index contributed by atoms with van der Waals surface area (Å²) < 4.78 is 24.4. The molecule has 1 unspecified atom stereocenters. The highest BCUT2D eigenvalue weighted by Gasteiger charge is 2.18. The van der Waals surface area contributed by atoms with Crippen molar-refractivity contribution < 1.29 is 13.9 Å². The Morgan fingerprint density at radius 1 is 1.00 bits per heavy atom. The van der Waals surface area contributed by atoms with Gasteiger partial charge in [-0.3, -0.25) is 0 Å². The first-order valence-corrected chi connectivity index (χ1v) is 6.85. The van der Waals surface area contributed by atoms with E-state index in [9.17, 15) is 4.39 Å². The van der Waals surface area contributed by atoms with Gasteiger partial charge in [0.25, 0.3) is 0 Å². The molecule has 1 atom stereocenters. The van der Waals surface area contributed by atoms with Gasteiger partial charge in [-0.25, -0.2) is 4.39 Å². The average Bonchev–Trinajstić information content (AvgIpc) is 2.49. The van der Waals surface area contributed by atoms with E-state index < -0.39 is 11.9 Å². The van der Waals surface area contributed by atoms with Crippen LogP contribution in [0, 0.1) is 5.82 Å². The van der Waals surface area contributed by atoms with Gasteiger partial charge in [0.05, 0.1) is 30.3 Å². The maximum absolute atomic E-state index is 14.2. The Kier molecular flexibility index (Phi) is 4.93. The number of methoxy groups -OCH3 is 2. The second kappa shape index (κ2) is 6.52. The summed E-state index contributed by atoms with van der Waals surface area (Å²) in [5.74, 6) is 0.232. The fraction of sp³-hybridized carbons (Fsp3) is 0.200. The van der Waals surface area contributed by atoms with Gasteiger partial charge in [-0.1, -0.05) is 29.3 Å². The van der Waals surface area contributed by atoms with E-state index in [1.807, 2.05) is 0 Å². The second-order valence-corrected chi connectivity index (χ2v) is 5.19. The average molecular weight is 330 g/mol. The molecule has 2 N–H and O–H groups in total. The monoisotopic (exact) mass is 329 g/mol. The maximum atomic E-state index is 14.2. The lowest BCUT2D eigenvalue weighted by Crippen LogP contribution is -2.14. The zero-order valence-electron chi connectivity index (χ0n) is 11.5. The van der Waals surface area contributed by atoms with Gasteiger partial charge in [-0.05, 0) is 23.8 Å². The fourth-order valence-corrected chi connectivity index (χ4v) is 2.30. The van der Waals surface area contributed by atoms with Gasteiger partial charge in [-0.15, -0.1) is 0 Å². The molecule has 2 aromatic carbocycles. The van der Waals surface area contributed by atoms with Crippen molar-refractivity contribution in [3.8, 4) is 11.5 Å². The van der Waals surface area contributed by atoms with Crippen molar-refractivity contribution in [3.63, 3.8) is 0 Å². The molecule has 0 aromatic heterocycles. The largest absolute Gasteiger partial charge is 0.493 e. The summed E-state index contributed by atoms with van der Waals surface area (Å²) in [5.41, 5.74) is 7.05. The molecule has 0 fully saturated rings. The minimum absolute atomic E-state index is 0.283.